The summed E-state index contributed by atoms with van der Waals surface area (Å²) in [7, 11) is 0. The van der Waals surface area contributed by atoms with E-state index in [0.29, 0.717) is 17.1 Å². The molecule has 146 valence electrons. The van der Waals surface area contributed by atoms with Crippen LogP contribution in [-0.4, -0.2) is 29.8 Å². The van der Waals surface area contributed by atoms with Crippen LogP contribution in [0, 0.1) is 10.1 Å². The van der Waals surface area contributed by atoms with Crippen LogP contribution in [0.15, 0.2) is 36.4 Å². The van der Waals surface area contributed by atoms with Crippen molar-refractivity contribution >= 4 is 46.2 Å². The first-order chi connectivity index (χ1) is 13.3. The zero-order valence-electron chi connectivity index (χ0n) is 15.2. The minimum absolute atomic E-state index is 0.0957. The molecule has 0 bridgehead atoms. The highest BCUT2D eigenvalue weighted by atomic mass is 35.5. The number of rotatable bonds is 5. The third-order valence-corrected chi connectivity index (χ3v) is 4.73. The minimum atomic E-state index is -0.509. The highest BCUT2D eigenvalue weighted by molar-refractivity contribution is 6.34. The quantitative estimate of drug-likeness (QED) is 0.579. The Morgan fingerprint density at radius 2 is 1.82 bits per heavy atom. The van der Waals surface area contributed by atoms with Gasteiger partial charge < -0.3 is 15.5 Å². The Labute approximate surface area is 166 Å². The number of nitrogens with zero attached hydrogens (tertiary/aromatic N) is 2. The summed E-state index contributed by atoms with van der Waals surface area (Å²) in [6.07, 6.45) is 1.98. The number of amides is 2. The van der Waals surface area contributed by atoms with Crippen molar-refractivity contribution in [1.82, 2.24) is 0 Å². The molecule has 8 nitrogen and oxygen atoms in total. The van der Waals surface area contributed by atoms with E-state index in [1.165, 1.54) is 19.1 Å². The van der Waals surface area contributed by atoms with Crippen molar-refractivity contribution in [2.45, 2.75) is 19.8 Å². The van der Waals surface area contributed by atoms with Crippen molar-refractivity contribution < 1.29 is 14.5 Å². The molecule has 1 saturated heterocycles. The number of halogens is 1. The van der Waals surface area contributed by atoms with Crippen LogP contribution in [0.4, 0.5) is 22.7 Å². The number of hydrogen-bond acceptors (Lipinski definition) is 5. The smallest absolute Gasteiger partial charge is 0.293 e. The third kappa shape index (κ3) is 4.40. The molecular weight excluding hydrogens is 384 g/mol. The molecule has 28 heavy (non-hydrogen) atoms. The lowest BCUT2D eigenvalue weighted by Crippen LogP contribution is -2.20. The van der Waals surface area contributed by atoms with Crippen LogP contribution in [-0.2, 0) is 4.79 Å². The van der Waals surface area contributed by atoms with Gasteiger partial charge in [0.05, 0.1) is 15.6 Å². The first kappa shape index (κ1) is 19.6. The lowest BCUT2D eigenvalue weighted by Gasteiger charge is -2.18. The van der Waals surface area contributed by atoms with Crippen molar-refractivity contribution in [3.63, 3.8) is 0 Å². The van der Waals surface area contributed by atoms with E-state index in [-0.39, 0.29) is 22.2 Å². The summed E-state index contributed by atoms with van der Waals surface area (Å²) in [5.74, 6) is -0.747. The van der Waals surface area contributed by atoms with Crippen LogP contribution in [0.25, 0.3) is 0 Å². The van der Waals surface area contributed by atoms with E-state index in [4.69, 9.17) is 11.6 Å². The highest BCUT2D eigenvalue weighted by Crippen LogP contribution is 2.32. The second-order valence-electron chi connectivity index (χ2n) is 6.48. The number of nitro benzene ring substituents is 1. The van der Waals surface area contributed by atoms with Gasteiger partial charge in [0.1, 0.15) is 5.69 Å². The van der Waals surface area contributed by atoms with E-state index >= 15 is 0 Å². The van der Waals surface area contributed by atoms with E-state index in [9.17, 15) is 19.7 Å². The van der Waals surface area contributed by atoms with E-state index in [0.717, 1.165) is 25.9 Å². The molecular formula is C19H19ClN4O4. The van der Waals surface area contributed by atoms with Gasteiger partial charge >= 0.3 is 0 Å². The molecule has 9 heteroatoms. The molecule has 1 aliphatic rings. The van der Waals surface area contributed by atoms with Crippen LogP contribution in [0.1, 0.15) is 30.1 Å². The van der Waals surface area contributed by atoms with Gasteiger partial charge in [-0.3, -0.25) is 19.7 Å². The maximum absolute atomic E-state index is 12.6. The van der Waals surface area contributed by atoms with E-state index in [1.807, 2.05) is 4.90 Å². The van der Waals surface area contributed by atoms with Crippen molar-refractivity contribution in [2.24, 2.45) is 0 Å². The molecule has 2 aromatic rings. The largest absolute Gasteiger partial charge is 0.366 e. The number of benzene rings is 2. The average Bonchev–Trinajstić information content (AvgIpc) is 3.17. The van der Waals surface area contributed by atoms with E-state index in [2.05, 4.69) is 10.6 Å². The standard InChI is InChI=1S/C19H19ClN4O4/c1-12(25)21-14-5-6-16(15(20)11-14)22-19(26)13-4-7-17(18(10-13)24(27)28)23-8-2-3-9-23/h4-7,10-11H,2-3,8-9H2,1H3,(H,21,25)(H,22,26). The SMILES string of the molecule is CC(=O)Nc1ccc(NC(=O)c2ccc(N3CCCC3)c([N+](=O)[O-])c2)c(Cl)c1. The lowest BCUT2D eigenvalue weighted by atomic mass is 10.1. The van der Waals surface area contributed by atoms with Gasteiger partial charge in [-0.05, 0) is 43.2 Å². The summed E-state index contributed by atoms with van der Waals surface area (Å²) in [5.41, 5.74) is 1.43. The molecule has 0 spiro atoms. The second kappa shape index (κ2) is 8.26. The van der Waals surface area contributed by atoms with Crippen LogP contribution in [0.5, 0.6) is 0 Å². The maximum atomic E-state index is 12.6. The number of carbonyl (C=O) groups excluding carboxylic acids is 2. The Bertz CT molecular complexity index is 942. The molecule has 1 heterocycles. The molecule has 2 N–H and O–H groups in total. The summed E-state index contributed by atoms with van der Waals surface area (Å²) in [4.78, 5) is 36.6. The molecule has 0 radical (unpaired) electrons. The summed E-state index contributed by atoms with van der Waals surface area (Å²) >= 11 is 6.16. The number of carbonyl (C=O) groups is 2. The van der Waals surface area contributed by atoms with Crippen LogP contribution in [0.2, 0.25) is 5.02 Å². The van der Waals surface area contributed by atoms with Gasteiger partial charge in [0.15, 0.2) is 0 Å². The van der Waals surface area contributed by atoms with Crippen LogP contribution in [0.3, 0.4) is 0 Å². The predicted octanol–water partition coefficient (Wildman–Crippen LogP) is 4.06. The molecule has 0 unspecified atom stereocenters. The van der Waals surface area contributed by atoms with Gasteiger partial charge in [-0.15, -0.1) is 0 Å². The molecule has 3 rings (SSSR count). The van der Waals surface area contributed by atoms with Gasteiger partial charge in [-0.1, -0.05) is 11.6 Å². The van der Waals surface area contributed by atoms with Crippen molar-refractivity contribution in [3.8, 4) is 0 Å². The Morgan fingerprint density at radius 3 is 2.43 bits per heavy atom. The monoisotopic (exact) mass is 402 g/mol. The van der Waals surface area contributed by atoms with Crippen LogP contribution >= 0.6 is 11.6 Å². The van der Waals surface area contributed by atoms with Gasteiger partial charge in [0.2, 0.25) is 5.91 Å². The van der Waals surface area contributed by atoms with Crippen molar-refractivity contribution in [2.75, 3.05) is 28.6 Å². The Balaban J connectivity index is 1.81. The number of anilines is 3. The Hall–Kier alpha value is -3.13. The fraction of sp³-hybridized carbons (Fsp3) is 0.263. The van der Waals surface area contributed by atoms with Gasteiger partial charge in [0.25, 0.3) is 11.6 Å². The molecule has 2 amide bonds. The first-order valence-corrected chi connectivity index (χ1v) is 9.15. The summed E-state index contributed by atoms with van der Waals surface area (Å²) in [5, 5.41) is 17.0. The topological polar surface area (TPSA) is 105 Å². The van der Waals surface area contributed by atoms with Gasteiger partial charge in [-0.25, -0.2) is 0 Å². The normalized spacial score (nSPS) is 13.3. The summed E-state index contributed by atoms with van der Waals surface area (Å²) in [6, 6.07) is 9.12. The Kier molecular flexibility index (Phi) is 5.79. The van der Waals surface area contributed by atoms with Crippen molar-refractivity contribution in [3.05, 3.63) is 57.1 Å². The van der Waals surface area contributed by atoms with Gasteiger partial charge in [0, 0.05) is 37.3 Å². The third-order valence-electron chi connectivity index (χ3n) is 4.42. The van der Waals surface area contributed by atoms with E-state index < -0.39 is 10.8 Å². The minimum Gasteiger partial charge on any atom is -0.366 e. The molecule has 0 aliphatic carbocycles. The highest BCUT2D eigenvalue weighted by Gasteiger charge is 2.24. The second-order valence-corrected chi connectivity index (χ2v) is 6.89. The zero-order chi connectivity index (χ0) is 20.3. The zero-order valence-corrected chi connectivity index (χ0v) is 16.0. The molecule has 0 atom stereocenters. The number of nitro groups is 1. The summed E-state index contributed by atoms with van der Waals surface area (Å²) < 4.78 is 0. The van der Waals surface area contributed by atoms with Gasteiger partial charge in [-0.2, -0.15) is 0 Å². The fourth-order valence-electron chi connectivity index (χ4n) is 3.13. The lowest BCUT2D eigenvalue weighted by molar-refractivity contribution is -0.384. The van der Waals surface area contributed by atoms with E-state index in [1.54, 1.807) is 24.3 Å². The number of hydrogen-bond donors (Lipinski definition) is 2. The summed E-state index contributed by atoms with van der Waals surface area (Å²) in [6.45, 7) is 2.91. The molecule has 0 saturated carbocycles. The van der Waals surface area contributed by atoms with Crippen LogP contribution < -0.4 is 15.5 Å². The fourth-order valence-corrected chi connectivity index (χ4v) is 3.36. The maximum Gasteiger partial charge on any atom is 0.293 e. The molecule has 0 aromatic heterocycles. The predicted molar refractivity (Wildman–Crippen MR) is 108 cm³/mol. The first-order valence-electron chi connectivity index (χ1n) is 8.77. The molecule has 1 aliphatic heterocycles. The van der Waals surface area contributed by atoms with Crippen molar-refractivity contribution in [1.29, 1.82) is 0 Å². The molecule has 2 aromatic carbocycles. The molecule has 1 fully saturated rings. The average molecular weight is 403 g/mol. The Morgan fingerprint density at radius 1 is 1.11 bits per heavy atom. The number of nitrogens with one attached hydrogen (secondary N) is 2.